The smallest absolute Gasteiger partial charge is 1.00 e. The number of aromatic hydroxyl groups is 1. The van der Waals surface area contributed by atoms with Crippen LogP contribution in [-0.2, 0) is 9.68 Å². The predicted octanol–water partition coefficient (Wildman–Crippen LogP) is 13.1. The normalized spacial score (nSPS) is 9.19. The van der Waals surface area contributed by atoms with Crippen molar-refractivity contribution in [2.45, 2.75) is 125 Å². The van der Waals surface area contributed by atoms with E-state index in [1.54, 1.807) is 18.2 Å². The fraction of sp³-hybridized carbons (Fsp3) is 0.348. The SMILES string of the molecule is CC#C[Si](C)(C)C.CCCCBr.CCCCOc1cccc(Br)c1.CCCCOc1cccc(C#C[Si](C)(C)C)c1.CCCCOc1cccc(C#Cc2ccccc2)c1.Ic1ccccc1.O=CO[O-].Oc1cccc(Br)c1.[H-].[K+].[K+]. The number of benzene rings is 6. The summed E-state index contributed by atoms with van der Waals surface area (Å²) in [5, 5.41) is 18.4. The van der Waals surface area contributed by atoms with Crippen LogP contribution < -0.4 is 122 Å². The second kappa shape index (κ2) is 58.9. The van der Waals surface area contributed by atoms with Crippen LogP contribution >= 0.6 is 70.4 Å². The number of ether oxygens (including phenoxy) is 3. The van der Waals surface area contributed by atoms with Gasteiger partial charge in [-0.05, 0) is 152 Å². The van der Waals surface area contributed by atoms with Crippen LogP contribution in [0.15, 0.2) is 167 Å². The fourth-order valence-electron chi connectivity index (χ4n) is 5.21. The molecule has 0 spiro atoms. The molecule has 81 heavy (non-hydrogen) atoms. The third kappa shape index (κ3) is 60.0. The van der Waals surface area contributed by atoms with Gasteiger partial charge in [0.25, 0.3) is 6.47 Å². The summed E-state index contributed by atoms with van der Waals surface area (Å²) in [6, 6.07) is 51.1. The van der Waals surface area contributed by atoms with Gasteiger partial charge in [0, 0.05) is 34.5 Å². The van der Waals surface area contributed by atoms with Gasteiger partial charge in [-0.3, -0.25) is 4.79 Å². The van der Waals surface area contributed by atoms with Gasteiger partial charge >= 0.3 is 103 Å². The molecule has 6 aromatic rings. The Kier molecular flexibility index (Phi) is 62.5. The Labute approximate surface area is 617 Å². The Morgan fingerprint density at radius 2 is 0.901 bits per heavy atom. The number of alkyl halides is 1. The maximum Gasteiger partial charge on any atom is 1.00 e. The molecule has 0 radical (unpaired) electrons. The van der Waals surface area contributed by atoms with Crippen LogP contribution in [0.4, 0.5) is 0 Å². The van der Waals surface area contributed by atoms with E-state index in [1.165, 1.54) is 22.8 Å². The van der Waals surface area contributed by atoms with E-state index in [2.05, 4.69) is 189 Å². The van der Waals surface area contributed by atoms with Gasteiger partial charge < -0.3 is 30.9 Å². The molecule has 0 atom stereocenters. The molecule has 0 bridgehead atoms. The maximum atomic E-state index is 8.78. The molecule has 0 aliphatic carbocycles. The van der Waals surface area contributed by atoms with E-state index < -0.39 is 16.1 Å². The zero-order valence-electron chi connectivity index (χ0n) is 51.5. The molecule has 1 N–H and O–H groups in total. The van der Waals surface area contributed by atoms with E-state index >= 15 is 0 Å². The van der Waals surface area contributed by atoms with Gasteiger partial charge in [0.15, 0.2) is 0 Å². The second-order valence-electron chi connectivity index (χ2n) is 18.9. The Balaban J connectivity index is -0.000000288. The van der Waals surface area contributed by atoms with Gasteiger partial charge in [0.1, 0.15) is 39.1 Å². The molecular weight excluding hydrogens is 1410 g/mol. The molecule has 430 valence electrons. The average molecular weight is 1490 g/mol. The number of phenols is 1. The summed E-state index contributed by atoms with van der Waals surface area (Å²) in [6.45, 7) is 26.2. The topological polar surface area (TPSA) is 97.3 Å². The third-order valence-electron chi connectivity index (χ3n) is 9.04. The van der Waals surface area contributed by atoms with E-state index in [1.807, 2.05) is 134 Å². The summed E-state index contributed by atoms with van der Waals surface area (Å²) < 4.78 is 20.1. The van der Waals surface area contributed by atoms with E-state index in [4.69, 9.17) is 29.4 Å². The van der Waals surface area contributed by atoms with Crippen molar-refractivity contribution in [1.82, 2.24) is 0 Å². The van der Waals surface area contributed by atoms with Crippen molar-refractivity contribution in [3.8, 4) is 57.8 Å². The van der Waals surface area contributed by atoms with Crippen LogP contribution in [0.25, 0.3) is 0 Å². The van der Waals surface area contributed by atoms with Crippen molar-refractivity contribution in [2.75, 3.05) is 25.2 Å². The Morgan fingerprint density at radius 1 is 0.531 bits per heavy atom. The summed E-state index contributed by atoms with van der Waals surface area (Å²) in [5.74, 6) is 15.5. The quantitative estimate of drug-likeness (QED) is 0.0160. The minimum atomic E-state index is -1.29. The first-order valence-electron chi connectivity index (χ1n) is 26.6. The Morgan fingerprint density at radius 3 is 1.21 bits per heavy atom. The monoisotopic (exact) mass is 1490 g/mol. The zero-order valence-corrected chi connectivity index (χ0v) is 65.6. The van der Waals surface area contributed by atoms with Crippen LogP contribution in [0.1, 0.15) is 104 Å². The number of carbonyl (C=O) groups excluding carboxylic acids is 1. The molecule has 0 unspecified atom stereocenters. The maximum absolute atomic E-state index is 8.78. The summed E-state index contributed by atoms with van der Waals surface area (Å²) in [4.78, 5) is 11.2. The number of carbonyl (C=O) groups is 1. The standard InChI is InChI=1S/C18H18O.C15H22OSi.C10H13BrO.C6H5BrO.C6H5I.C6H12Si.C4H9Br.CH2O3.2K.H/c1-2-3-14-19-18-11-7-10-17(15-18)13-12-16-8-5-4-6-9-16;1-5-6-11-16-15-9-7-8-14(13-15)10-12-17(2,3)4;1-2-3-7-12-10-6-4-5-9(11)8-10;7-5-2-1-3-6(8)4-5;7-6-4-2-1-3-5-6;1-5-6-7(2,3)4;1-2-3-4-5;2-1-4-3;;;/h4-11,15H,2-3,14H2,1H3;7-9,13H,5-6,11H2,1-4H3;4-6,8H,2-3,7H2,1H3;1-4,8H;1-5H;1-4H3;2-4H2,1H3;1,3H;;;/q;;;;;;;;2*+1;-1/p-1. The molecule has 0 amide bonds. The molecular formula is C66H86Br3IK2O7Si2. The number of hydrogen-bond acceptors (Lipinski definition) is 7. The summed E-state index contributed by atoms with van der Waals surface area (Å²) in [5.41, 5.74) is 9.61. The van der Waals surface area contributed by atoms with Crippen molar-refractivity contribution < 1.29 is 138 Å². The Hall–Kier alpha value is -1.49. The van der Waals surface area contributed by atoms with Gasteiger partial charge in [-0.15, -0.1) is 17.0 Å². The summed E-state index contributed by atoms with van der Waals surface area (Å²) in [6.07, 6.45) is 9.39. The first-order chi connectivity index (χ1) is 37.8. The van der Waals surface area contributed by atoms with Crippen LogP contribution in [-0.4, -0.2) is 52.9 Å². The molecule has 0 saturated heterocycles. The van der Waals surface area contributed by atoms with E-state index in [9.17, 15) is 0 Å². The van der Waals surface area contributed by atoms with Gasteiger partial charge in [0.05, 0.1) is 19.8 Å². The number of rotatable bonds is 15. The average Bonchev–Trinajstić information content (AvgIpc) is 3.42. The van der Waals surface area contributed by atoms with E-state index in [0.29, 0.717) is 5.75 Å². The van der Waals surface area contributed by atoms with E-state index in [-0.39, 0.29) is 111 Å². The molecule has 6 rings (SSSR count). The minimum absolute atomic E-state index is 0. The van der Waals surface area contributed by atoms with Gasteiger partial charge in [-0.1, -0.05) is 219 Å². The number of phenolic OH excluding ortho intramolecular Hbond substituents is 1. The third-order valence-corrected chi connectivity index (χ3v) is 13.2. The van der Waals surface area contributed by atoms with Crippen molar-refractivity contribution >= 4 is 93.0 Å². The molecule has 15 heteroatoms. The molecule has 0 aliphatic heterocycles. The molecule has 0 fully saturated rings. The first-order valence-corrected chi connectivity index (χ1v) is 37.4. The molecule has 7 nitrogen and oxygen atoms in total. The molecule has 0 aromatic heterocycles. The zero-order chi connectivity index (χ0) is 59.4. The second-order valence-corrected chi connectivity index (χ2v) is 32.2. The van der Waals surface area contributed by atoms with Crippen LogP contribution in [0.3, 0.4) is 0 Å². The predicted molar refractivity (Wildman–Crippen MR) is 360 cm³/mol. The first kappa shape index (κ1) is 85.9. The summed E-state index contributed by atoms with van der Waals surface area (Å²) >= 11 is 12.2. The number of unbranched alkanes of at least 4 members (excludes halogenated alkanes) is 4. The molecule has 0 heterocycles. The molecule has 0 aliphatic rings. The van der Waals surface area contributed by atoms with Crippen LogP contribution in [0.5, 0.6) is 23.0 Å². The van der Waals surface area contributed by atoms with Gasteiger partial charge in [0.2, 0.25) is 0 Å². The summed E-state index contributed by atoms with van der Waals surface area (Å²) in [7, 11) is -2.31. The number of hydrogen-bond donors (Lipinski definition) is 1. The molecule has 6 aromatic carbocycles. The minimum Gasteiger partial charge on any atom is -1.00 e. The van der Waals surface area contributed by atoms with Gasteiger partial charge in [-0.25, -0.2) is 0 Å². The van der Waals surface area contributed by atoms with Crippen molar-refractivity contribution in [3.63, 3.8) is 0 Å². The van der Waals surface area contributed by atoms with E-state index in [0.717, 1.165) is 100 Å². The fourth-order valence-corrected chi connectivity index (χ4v) is 8.22. The van der Waals surface area contributed by atoms with Crippen LogP contribution in [0, 0.1) is 38.3 Å². The Bertz CT molecular complexity index is 2630. The number of halogens is 4. The van der Waals surface area contributed by atoms with Crippen molar-refractivity contribution in [2.24, 2.45) is 0 Å². The van der Waals surface area contributed by atoms with Crippen LogP contribution in [0.2, 0.25) is 39.3 Å². The van der Waals surface area contributed by atoms with Crippen molar-refractivity contribution in [3.05, 3.63) is 187 Å². The van der Waals surface area contributed by atoms with Crippen molar-refractivity contribution in [1.29, 1.82) is 0 Å². The van der Waals surface area contributed by atoms with Gasteiger partial charge in [-0.2, -0.15) is 0 Å². The largest absolute Gasteiger partial charge is 1.00 e. The molecule has 0 saturated carbocycles.